The predicted molar refractivity (Wildman–Crippen MR) is 117 cm³/mol. The van der Waals surface area contributed by atoms with Gasteiger partial charge in [-0.05, 0) is 50.2 Å². The van der Waals surface area contributed by atoms with E-state index in [-0.39, 0.29) is 37.3 Å². The minimum Gasteiger partial charge on any atom is -0.481 e. The van der Waals surface area contributed by atoms with Crippen molar-refractivity contribution in [2.24, 2.45) is 5.73 Å². The van der Waals surface area contributed by atoms with E-state index in [9.17, 15) is 19.5 Å². The molecule has 4 N–H and O–H groups in total. The Morgan fingerprint density at radius 3 is 2.39 bits per heavy atom. The van der Waals surface area contributed by atoms with Gasteiger partial charge in [0.25, 0.3) is 5.91 Å². The van der Waals surface area contributed by atoms with Crippen LogP contribution in [-0.2, 0) is 9.59 Å². The first-order valence-electron chi connectivity index (χ1n) is 9.87. The van der Waals surface area contributed by atoms with E-state index in [0.29, 0.717) is 22.5 Å². The lowest BCUT2D eigenvalue weighted by atomic mass is 10.1. The molecule has 9 heteroatoms. The fraction of sp³-hybridized carbons (Fsp3) is 0.273. The van der Waals surface area contributed by atoms with Gasteiger partial charge in [0.1, 0.15) is 12.4 Å². The first-order valence-corrected chi connectivity index (χ1v) is 9.87. The van der Waals surface area contributed by atoms with Gasteiger partial charge in [0.2, 0.25) is 5.91 Å². The highest BCUT2D eigenvalue weighted by atomic mass is 16.4. The molecule has 31 heavy (non-hydrogen) atoms. The Hall–Kier alpha value is -3.88. The maximum Gasteiger partial charge on any atom is 0.305 e. The third-order valence-electron chi connectivity index (χ3n) is 5.00. The molecule has 0 spiro atoms. The molecule has 0 radical (unpaired) electrons. The number of para-hydroxylation sites is 1. The number of carboxylic acids is 1. The summed E-state index contributed by atoms with van der Waals surface area (Å²) in [4.78, 5) is 39.5. The van der Waals surface area contributed by atoms with E-state index < -0.39 is 11.9 Å². The van der Waals surface area contributed by atoms with E-state index in [1.807, 2.05) is 13.8 Å². The molecule has 2 aromatic carbocycles. The lowest BCUT2D eigenvalue weighted by molar-refractivity contribution is -0.136. The number of anilines is 2. The van der Waals surface area contributed by atoms with Crippen molar-refractivity contribution in [3.05, 3.63) is 59.7 Å². The van der Waals surface area contributed by atoms with Crippen molar-refractivity contribution >= 4 is 35.0 Å². The summed E-state index contributed by atoms with van der Waals surface area (Å²) >= 11 is 0. The van der Waals surface area contributed by atoms with Gasteiger partial charge in [-0.1, -0.05) is 12.1 Å². The number of hydrazine groups is 1. The summed E-state index contributed by atoms with van der Waals surface area (Å²) < 4.78 is 0. The Bertz CT molecular complexity index is 1020. The van der Waals surface area contributed by atoms with Gasteiger partial charge in [0.05, 0.1) is 29.9 Å². The fourth-order valence-electron chi connectivity index (χ4n) is 3.58. The quantitative estimate of drug-likeness (QED) is 0.461. The van der Waals surface area contributed by atoms with E-state index in [1.54, 1.807) is 53.4 Å². The lowest BCUT2D eigenvalue weighted by Gasteiger charge is -2.35. The number of rotatable bonds is 7. The van der Waals surface area contributed by atoms with Crippen molar-refractivity contribution in [1.29, 1.82) is 5.41 Å². The number of amidine groups is 1. The van der Waals surface area contributed by atoms with Crippen LogP contribution in [0.4, 0.5) is 11.4 Å². The van der Waals surface area contributed by atoms with Gasteiger partial charge in [-0.3, -0.25) is 24.8 Å². The number of carbonyl (C=O) groups is 3. The number of nitrogens with one attached hydrogen (secondary N) is 1. The van der Waals surface area contributed by atoms with Crippen LogP contribution in [0.3, 0.4) is 0 Å². The summed E-state index contributed by atoms with van der Waals surface area (Å²) in [6.07, 6.45) is -0.234. The molecular weight excluding hydrogens is 398 g/mol. The number of nitrogens with zero attached hydrogens (tertiary/aromatic N) is 3. The van der Waals surface area contributed by atoms with Crippen LogP contribution in [0.25, 0.3) is 0 Å². The predicted octanol–water partition coefficient (Wildman–Crippen LogP) is 2.06. The summed E-state index contributed by atoms with van der Waals surface area (Å²) in [5, 5.41) is 19.6. The van der Waals surface area contributed by atoms with E-state index >= 15 is 0 Å². The van der Waals surface area contributed by atoms with Gasteiger partial charge in [0, 0.05) is 11.6 Å². The third kappa shape index (κ3) is 4.50. The van der Waals surface area contributed by atoms with E-state index in [2.05, 4.69) is 0 Å². The molecule has 0 aliphatic carbocycles. The zero-order valence-corrected chi connectivity index (χ0v) is 17.4. The Balaban J connectivity index is 2.07. The second-order valence-corrected chi connectivity index (χ2v) is 7.46. The molecule has 9 nitrogen and oxygen atoms in total. The van der Waals surface area contributed by atoms with Crippen molar-refractivity contribution in [3.8, 4) is 0 Å². The Kier molecular flexibility index (Phi) is 6.24. The van der Waals surface area contributed by atoms with Gasteiger partial charge < -0.3 is 15.7 Å². The number of fused-ring (bicyclic) bond motifs is 1. The summed E-state index contributed by atoms with van der Waals surface area (Å²) in [7, 11) is 0. The molecule has 0 saturated heterocycles. The molecule has 1 heterocycles. The molecule has 0 saturated carbocycles. The maximum atomic E-state index is 13.5. The van der Waals surface area contributed by atoms with Gasteiger partial charge >= 0.3 is 5.97 Å². The van der Waals surface area contributed by atoms with Crippen LogP contribution in [0, 0.1) is 5.41 Å². The number of aliphatic carboxylic acids is 1. The van der Waals surface area contributed by atoms with Crippen LogP contribution in [-0.4, -0.2) is 52.9 Å². The van der Waals surface area contributed by atoms with Gasteiger partial charge in [0.15, 0.2) is 0 Å². The monoisotopic (exact) mass is 423 g/mol. The van der Waals surface area contributed by atoms with Crippen molar-refractivity contribution < 1.29 is 19.5 Å². The minimum atomic E-state index is -1.02. The normalized spacial score (nSPS) is 13.8. The molecule has 2 aromatic rings. The Morgan fingerprint density at radius 1 is 1.16 bits per heavy atom. The van der Waals surface area contributed by atoms with Crippen molar-refractivity contribution in [2.75, 3.05) is 23.0 Å². The number of hydrogen-bond donors (Lipinski definition) is 3. The lowest BCUT2D eigenvalue weighted by Crippen LogP contribution is -2.51. The number of carbonyl (C=O) groups excluding carboxylic acids is 2. The van der Waals surface area contributed by atoms with E-state index in [4.69, 9.17) is 11.1 Å². The highest BCUT2D eigenvalue weighted by Crippen LogP contribution is 2.29. The first kappa shape index (κ1) is 21.8. The van der Waals surface area contributed by atoms with Gasteiger partial charge in [-0.2, -0.15) is 0 Å². The molecule has 0 unspecified atom stereocenters. The highest BCUT2D eigenvalue weighted by Gasteiger charge is 2.35. The largest absolute Gasteiger partial charge is 0.481 e. The fourth-order valence-corrected chi connectivity index (χ4v) is 3.58. The second kappa shape index (κ2) is 8.86. The minimum absolute atomic E-state index is 0.0163. The number of amides is 2. The molecule has 3 rings (SSSR count). The van der Waals surface area contributed by atoms with Crippen LogP contribution in [0.1, 0.15) is 36.2 Å². The maximum absolute atomic E-state index is 13.5. The summed E-state index contributed by atoms with van der Waals surface area (Å²) in [5.74, 6) is -1.79. The zero-order chi connectivity index (χ0) is 22.7. The molecule has 1 aliphatic heterocycles. The van der Waals surface area contributed by atoms with Crippen molar-refractivity contribution in [1.82, 2.24) is 5.01 Å². The summed E-state index contributed by atoms with van der Waals surface area (Å²) in [6.45, 7) is 3.49. The standard InChI is InChI=1S/C22H25N5O4/c1-14(2)27-18-6-4-3-5-17(18)22(31)26(13-19(27)28)25(12-11-20(29)30)16-9-7-15(8-10-16)21(23)24/h3-10,14H,11-13H2,1-2H3,(H3,23,24)(H,29,30). The number of hydrogen-bond acceptors (Lipinski definition) is 5. The molecule has 0 bridgehead atoms. The van der Waals surface area contributed by atoms with Crippen molar-refractivity contribution in [3.63, 3.8) is 0 Å². The average molecular weight is 423 g/mol. The molecule has 0 aromatic heterocycles. The van der Waals surface area contributed by atoms with Crippen LogP contribution >= 0.6 is 0 Å². The van der Waals surface area contributed by atoms with Crippen LogP contribution in [0.5, 0.6) is 0 Å². The smallest absolute Gasteiger partial charge is 0.305 e. The summed E-state index contributed by atoms with van der Waals surface area (Å²) in [5.41, 5.74) is 7.42. The molecule has 162 valence electrons. The Morgan fingerprint density at radius 2 is 1.81 bits per heavy atom. The number of carboxylic acid groups (broad SMARTS) is 1. The molecule has 0 atom stereocenters. The molecule has 0 fully saturated rings. The third-order valence-corrected chi connectivity index (χ3v) is 5.00. The van der Waals surface area contributed by atoms with Crippen LogP contribution in [0.15, 0.2) is 48.5 Å². The van der Waals surface area contributed by atoms with Crippen LogP contribution in [0.2, 0.25) is 0 Å². The van der Waals surface area contributed by atoms with Gasteiger partial charge in [-0.15, -0.1) is 0 Å². The van der Waals surface area contributed by atoms with E-state index in [0.717, 1.165) is 0 Å². The number of nitrogens with two attached hydrogens (primary N) is 1. The molecular formula is C22H25N5O4. The zero-order valence-electron chi connectivity index (χ0n) is 17.4. The SMILES string of the molecule is CC(C)N1C(=O)CN(N(CCC(=O)O)c2ccc(C(=N)N)cc2)C(=O)c2ccccc21. The van der Waals surface area contributed by atoms with Gasteiger partial charge in [-0.25, -0.2) is 5.01 Å². The highest BCUT2D eigenvalue weighted by molar-refractivity contribution is 6.10. The number of nitrogen functional groups attached to an aromatic ring is 1. The first-order chi connectivity index (χ1) is 14.7. The number of benzene rings is 2. The summed E-state index contributed by atoms with van der Waals surface area (Å²) in [6, 6.07) is 13.3. The van der Waals surface area contributed by atoms with Crippen LogP contribution < -0.4 is 15.6 Å². The topological polar surface area (TPSA) is 131 Å². The average Bonchev–Trinajstić information content (AvgIpc) is 2.83. The molecule has 2 amide bonds. The second-order valence-electron chi connectivity index (χ2n) is 7.46. The Labute approximate surface area is 180 Å². The molecule has 1 aliphatic rings. The van der Waals surface area contributed by atoms with E-state index in [1.165, 1.54) is 10.0 Å². The van der Waals surface area contributed by atoms with Crippen molar-refractivity contribution in [2.45, 2.75) is 26.3 Å².